The average molecular weight is 1000 g/mol. The van der Waals surface area contributed by atoms with Crippen LogP contribution in [0.4, 0.5) is 13.2 Å². The Bertz CT molecular complexity index is 1560. The predicted octanol–water partition coefficient (Wildman–Crippen LogP) is 12.0. The van der Waals surface area contributed by atoms with Gasteiger partial charge in [0, 0.05) is 20.1 Å². The van der Waals surface area contributed by atoms with Crippen LogP contribution in [0.15, 0.2) is 44.6 Å². The number of allylic oxidation sites excluding steroid dienone is 2. The summed E-state index contributed by atoms with van der Waals surface area (Å²) < 4.78 is 105. The van der Waals surface area contributed by atoms with Gasteiger partial charge in [-0.3, -0.25) is 0 Å². The first-order valence-corrected chi connectivity index (χ1v) is 33.4. The number of oxazole rings is 1. The number of aromatic nitrogens is 1. The van der Waals surface area contributed by atoms with Gasteiger partial charge in [-0.15, -0.1) is 0 Å². The molecule has 60 heavy (non-hydrogen) atoms. The molecule has 5 atom stereocenters. The van der Waals surface area contributed by atoms with E-state index in [4.69, 9.17) is 23.1 Å². The first-order valence-electron chi connectivity index (χ1n) is 22.2. The Hall–Kier alpha value is -1.21. The molecule has 0 unspecified atom stereocenters. The molecule has 0 aliphatic carbocycles. The van der Waals surface area contributed by atoms with Crippen molar-refractivity contribution in [3.63, 3.8) is 0 Å². The van der Waals surface area contributed by atoms with Crippen LogP contribution in [0.25, 0.3) is 0 Å². The van der Waals surface area contributed by atoms with Gasteiger partial charge < -0.3 is 18.4 Å². The van der Waals surface area contributed by atoms with Gasteiger partial charge in [-0.25, -0.2) is 0 Å². The van der Waals surface area contributed by atoms with Crippen molar-refractivity contribution in [1.29, 1.82) is 0 Å². The number of hydrogen-bond acceptors (Lipinski definition) is 10. The Morgan fingerprint density at radius 3 is 2.05 bits per heavy atom. The molecule has 2 rings (SSSR count). The monoisotopic (exact) mass is 1000 g/mol. The van der Waals surface area contributed by atoms with Gasteiger partial charge in [0.25, 0.3) is 5.88 Å². The SMILES string of the molecule is CCC[CH2][Sn](/[CH]=C/C[C@H](/C=C/C(C)=C/[C@@H](O[Si](C(C)C)(C(C)C)C(C)C)[C@H]1C[C@@H](CO)C[C@](Cc2nc(OS(=O)(=O)C(F)(F)F)co2)(OC)O1)OC)([CH2]CCC)[CH2]CCC. The third-order valence-electron chi connectivity index (χ3n) is 12.2. The molecule has 1 aromatic rings. The van der Waals surface area contributed by atoms with Gasteiger partial charge in [-0.1, -0.05) is 41.5 Å². The van der Waals surface area contributed by atoms with E-state index in [0.717, 1.165) is 12.0 Å². The number of ether oxygens (including phenoxy) is 3. The van der Waals surface area contributed by atoms with Crippen molar-refractivity contribution < 1.29 is 53.9 Å². The van der Waals surface area contributed by atoms with Gasteiger partial charge in [0.2, 0.25) is 5.89 Å². The zero-order valence-electron chi connectivity index (χ0n) is 38.6. The molecule has 1 saturated heterocycles. The summed E-state index contributed by atoms with van der Waals surface area (Å²) in [4.78, 5) is 3.87. The van der Waals surface area contributed by atoms with Crippen molar-refractivity contribution in [1.82, 2.24) is 4.98 Å². The summed E-state index contributed by atoms with van der Waals surface area (Å²) in [6, 6.07) is 0. The van der Waals surface area contributed by atoms with E-state index in [1.165, 1.54) is 58.9 Å². The molecule has 0 spiro atoms. The van der Waals surface area contributed by atoms with Crippen LogP contribution in [0.3, 0.4) is 0 Å². The van der Waals surface area contributed by atoms with E-state index in [-0.39, 0.29) is 54.0 Å². The molecule has 1 N–H and O–H groups in total. The number of hydrogen-bond donors (Lipinski definition) is 1. The Morgan fingerprint density at radius 1 is 1.02 bits per heavy atom. The summed E-state index contributed by atoms with van der Waals surface area (Å²) in [7, 11) is -5.31. The third-order valence-corrected chi connectivity index (χ3v) is 33.5. The molecule has 2 heterocycles. The fourth-order valence-electron chi connectivity index (χ4n) is 9.04. The molecule has 16 heteroatoms. The molecular weight excluding hydrogens is 922 g/mol. The number of unbranched alkanes of at least 4 members (excludes halogenated alkanes) is 3. The summed E-state index contributed by atoms with van der Waals surface area (Å²) >= 11 is -2.45. The molecule has 0 aromatic carbocycles. The molecule has 0 saturated carbocycles. The topological polar surface area (TPSA) is 127 Å². The van der Waals surface area contributed by atoms with Crippen LogP contribution in [-0.2, 0) is 35.2 Å². The Labute approximate surface area is 365 Å². The molecule has 1 aliphatic heterocycles. The molecule has 1 aliphatic rings. The van der Waals surface area contributed by atoms with Crippen molar-refractivity contribution in [2.45, 2.75) is 193 Å². The van der Waals surface area contributed by atoms with Crippen LogP contribution >= 0.6 is 0 Å². The second-order valence-electron chi connectivity index (χ2n) is 17.8. The minimum atomic E-state index is -5.96. The molecule has 1 aromatic heterocycles. The van der Waals surface area contributed by atoms with E-state index in [9.17, 15) is 26.7 Å². The zero-order valence-corrected chi connectivity index (χ0v) is 43.3. The van der Waals surface area contributed by atoms with Crippen LogP contribution in [-0.4, -0.2) is 95.6 Å². The van der Waals surface area contributed by atoms with E-state index in [1.54, 1.807) is 7.11 Å². The van der Waals surface area contributed by atoms with E-state index in [0.29, 0.717) is 12.7 Å². The van der Waals surface area contributed by atoms with Gasteiger partial charge >= 0.3 is 236 Å². The third kappa shape index (κ3) is 15.8. The van der Waals surface area contributed by atoms with E-state index >= 15 is 0 Å². The number of nitrogens with zero attached hydrogens (tertiary/aromatic N) is 1. The van der Waals surface area contributed by atoms with Crippen molar-refractivity contribution in [2.24, 2.45) is 5.92 Å². The molecule has 0 amide bonds. The number of rotatable bonds is 28. The predicted molar refractivity (Wildman–Crippen MR) is 239 cm³/mol. The normalized spacial score (nSPS) is 21.3. The van der Waals surface area contributed by atoms with Gasteiger partial charge in [-0.05, 0) is 0 Å². The minimum absolute atomic E-state index is 0.112. The van der Waals surface area contributed by atoms with E-state index in [2.05, 4.69) is 99.9 Å². The second-order valence-corrected chi connectivity index (χ2v) is 37.7. The number of halogens is 3. The van der Waals surface area contributed by atoms with Gasteiger partial charge in [-0.2, -0.15) is 26.6 Å². The Kier molecular flexibility index (Phi) is 23.2. The standard InChI is InChI=1S/C32H51F3NO9SSi.3C4H9.Sn/c1-11-12-26(40-9)14-13-24(8)15-28(45-47(21(2)3,22(4)5)23(6)7)27-16-25(19-37)17-31(41-10,43-27)18-29-36-30(20-42-29)44-46(38,39)32(33,34)35;3*1-3-4-2;/h1,11,13-15,20-23,25-28,37H,12,16-19H2,2-10H3;3*1,3-4H2,2H3;/b11-1?,14-13+,24-15+;;;;/t25-,26-,27-,28-,31+;;;;/m1..../s1. The Morgan fingerprint density at radius 2 is 1.58 bits per heavy atom. The zero-order chi connectivity index (χ0) is 45.4. The average Bonchev–Trinajstić information content (AvgIpc) is 3.61. The van der Waals surface area contributed by atoms with Crippen molar-refractivity contribution >= 4 is 36.8 Å². The van der Waals surface area contributed by atoms with Crippen molar-refractivity contribution in [2.75, 3.05) is 20.8 Å². The molecule has 348 valence electrons. The fraction of sp³-hybridized carbons (Fsp3) is 0.795. The van der Waals surface area contributed by atoms with Gasteiger partial charge in [0.1, 0.15) is 0 Å². The van der Waals surface area contributed by atoms with E-state index in [1.807, 2.05) is 6.92 Å². The maximum absolute atomic E-state index is 13.0. The number of methoxy groups -OCH3 is 2. The molecule has 0 radical (unpaired) electrons. The molecular formula is C44H78F3NO9SSiSn. The fourth-order valence-corrected chi connectivity index (χ4v) is 29.4. The maximum atomic E-state index is 13.0. The summed E-state index contributed by atoms with van der Waals surface area (Å²) in [6.45, 7) is 22.0. The van der Waals surface area contributed by atoms with Crippen LogP contribution in [0, 0.1) is 5.92 Å². The summed E-state index contributed by atoms with van der Waals surface area (Å²) in [5, 5.41) is 10.6. The van der Waals surface area contributed by atoms with Crippen LogP contribution in [0.5, 0.6) is 5.88 Å². The molecule has 10 nitrogen and oxygen atoms in total. The van der Waals surface area contributed by atoms with Gasteiger partial charge in [0.05, 0.1) is 6.42 Å². The summed E-state index contributed by atoms with van der Waals surface area (Å²) in [5.41, 5.74) is -3.94. The molecule has 1 fully saturated rings. The van der Waals surface area contributed by atoms with Gasteiger partial charge in [0.15, 0.2) is 6.26 Å². The van der Waals surface area contributed by atoms with Crippen molar-refractivity contribution in [3.8, 4) is 5.88 Å². The first-order chi connectivity index (χ1) is 28.1. The van der Waals surface area contributed by atoms with Crippen LogP contribution in [0.2, 0.25) is 29.9 Å². The van der Waals surface area contributed by atoms with Crippen LogP contribution < -0.4 is 4.18 Å². The quantitative estimate of drug-likeness (QED) is 0.0375. The summed E-state index contributed by atoms with van der Waals surface area (Å²) in [5.74, 6) is -2.79. The van der Waals surface area contributed by atoms with Crippen molar-refractivity contribution in [3.05, 3.63) is 46.1 Å². The van der Waals surface area contributed by atoms with Crippen LogP contribution in [0.1, 0.15) is 133 Å². The number of aliphatic hydroxyl groups excluding tert-OH is 1. The van der Waals surface area contributed by atoms with E-state index < -0.39 is 66.2 Å². The first kappa shape index (κ1) is 54.9. The second kappa shape index (κ2) is 25.3. The number of alkyl halides is 3. The summed E-state index contributed by atoms with van der Waals surface area (Å²) in [6.07, 6.45) is 16.9. The Balaban J connectivity index is 2.55. The number of aliphatic hydroxyl groups is 1. The molecule has 0 bridgehead atoms.